The van der Waals surface area contributed by atoms with Crippen LogP contribution in [0.25, 0.3) is 5.57 Å². The minimum absolute atomic E-state index is 0.215. The minimum Gasteiger partial charge on any atom is -0.454 e. The van der Waals surface area contributed by atoms with Gasteiger partial charge < -0.3 is 24.2 Å². The zero-order valence-corrected chi connectivity index (χ0v) is 22.4. The van der Waals surface area contributed by atoms with Crippen LogP contribution in [0.3, 0.4) is 0 Å². The van der Waals surface area contributed by atoms with Crippen molar-refractivity contribution in [3.8, 4) is 11.5 Å². The number of guanidine groups is 1. The van der Waals surface area contributed by atoms with Crippen LogP contribution in [0, 0.1) is 0 Å². The summed E-state index contributed by atoms with van der Waals surface area (Å²) < 4.78 is 11.3. The van der Waals surface area contributed by atoms with Crippen LogP contribution in [0.1, 0.15) is 30.4 Å². The van der Waals surface area contributed by atoms with E-state index in [-0.39, 0.29) is 6.79 Å². The third-order valence-electron chi connectivity index (χ3n) is 6.57. The maximum Gasteiger partial charge on any atom is 0.231 e. The van der Waals surface area contributed by atoms with E-state index >= 15 is 0 Å². The fraction of sp³-hybridized carbons (Fsp3) is 0.440. The van der Waals surface area contributed by atoms with Gasteiger partial charge in [-0.05, 0) is 48.7 Å². The molecule has 4 aliphatic rings. The number of nitrogens with zero attached hydrogens (tertiary/aromatic N) is 7. The molecule has 188 valence electrons. The number of thioether (sulfide) groups is 1. The molecule has 2 aromatic rings. The molecule has 1 atom stereocenters. The molecule has 6 rings (SSSR count). The Hall–Kier alpha value is -2.98. The molecule has 0 spiro atoms. The molecule has 0 aliphatic carbocycles. The molecule has 1 aromatic heterocycles. The van der Waals surface area contributed by atoms with E-state index in [4.69, 9.17) is 41.0 Å². The maximum atomic E-state index is 6.99. The second kappa shape index (κ2) is 9.15. The summed E-state index contributed by atoms with van der Waals surface area (Å²) in [7, 11) is 7.78. The number of ether oxygens (including phenoxy) is 2. The van der Waals surface area contributed by atoms with Gasteiger partial charge >= 0.3 is 0 Å². The Bertz CT molecular complexity index is 1320. The molecule has 1 aromatic carbocycles. The van der Waals surface area contributed by atoms with E-state index in [1.807, 2.05) is 56.2 Å². The number of benzene rings is 1. The van der Waals surface area contributed by atoms with Crippen LogP contribution in [0.15, 0.2) is 38.8 Å². The number of hydrogen-bond donors (Lipinski definition) is 0. The Kier molecular flexibility index (Phi) is 5.95. The summed E-state index contributed by atoms with van der Waals surface area (Å²) >= 11 is 8.53. The fourth-order valence-corrected chi connectivity index (χ4v) is 6.21. The van der Waals surface area contributed by atoms with Gasteiger partial charge in [0.25, 0.3) is 0 Å². The summed E-state index contributed by atoms with van der Waals surface area (Å²) in [5, 5.41) is 1.68. The van der Waals surface area contributed by atoms with Gasteiger partial charge in [-0.1, -0.05) is 17.7 Å². The number of fused-ring (bicyclic) bond motifs is 3. The van der Waals surface area contributed by atoms with Crippen molar-refractivity contribution in [1.82, 2.24) is 14.9 Å². The third kappa shape index (κ3) is 3.96. The highest BCUT2D eigenvalue weighted by atomic mass is 35.5. The van der Waals surface area contributed by atoms with Crippen molar-refractivity contribution in [2.24, 2.45) is 9.98 Å². The van der Waals surface area contributed by atoms with Gasteiger partial charge in [0.05, 0.1) is 5.56 Å². The maximum absolute atomic E-state index is 6.99. The second-order valence-corrected chi connectivity index (χ2v) is 10.9. The van der Waals surface area contributed by atoms with Crippen molar-refractivity contribution >= 4 is 51.7 Å². The molecule has 1 unspecified atom stereocenters. The quantitative estimate of drug-likeness (QED) is 0.337. The summed E-state index contributed by atoms with van der Waals surface area (Å²) in [6.45, 7) is 2.13. The van der Waals surface area contributed by atoms with Crippen LogP contribution in [-0.2, 0) is 0 Å². The van der Waals surface area contributed by atoms with Crippen LogP contribution in [0.4, 0.5) is 11.8 Å². The molecule has 0 saturated carbocycles. The highest BCUT2D eigenvalue weighted by molar-refractivity contribution is 8.14. The Morgan fingerprint density at radius 1 is 1.00 bits per heavy atom. The number of piperidine rings is 1. The zero-order chi connectivity index (χ0) is 25.0. The topological polar surface area (TPSA) is 78.7 Å². The van der Waals surface area contributed by atoms with Crippen molar-refractivity contribution in [3.05, 3.63) is 34.9 Å². The first-order valence-corrected chi connectivity index (χ1v) is 13.3. The number of halogens is 1. The normalized spacial score (nSPS) is 20.5. The SMILES string of the molecule is CN(C)C1=NC(Cl)C2=C(c3ccc4c(c3)OCO4)c3c(nc(N(C)C)nc3N3CCCCC3)SC2=N1. The van der Waals surface area contributed by atoms with Crippen LogP contribution in [0.2, 0.25) is 0 Å². The monoisotopic (exact) mass is 525 g/mol. The van der Waals surface area contributed by atoms with Crippen molar-refractivity contribution in [3.63, 3.8) is 0 Å². The molecule has 1 fully saturated rings. The van der Waals surface area contributed by atoms with E-state index in [0.717, 1.165) is 69.8 Å². The summed E-state index contributed by atoms with van der Waals surface area (Å²) in [4.78, 5) is 25.9. The Morgan fingerprint density at radius 3 is 2.53 bits per heavy atom. The molecule has 5 heterocycles. The molecular weight excluding hydrogens is 498 g/mol. The smallest absolute Gasteiger partial charge is 0.231 e. The van der Waals surface area contributed by atoms with E-state index in [0.29, 0.717) is 17.7 Å². The molecule has 36 heavy (non-hydrogen) atoms. The Balaban J connectivity index is 1.63. The average Bonchev–Trinajstić information content (AvgIpc) is 3.35. The number of hydrogen-bond acceptors (Lipinski definition) is 10. The van der Waals surface area contributed by atoms with Gasteiger partial charge in [-0.15, -0.1) is 0 Å². The molecule has 0 N–H and O–H groups in total. The van der Waals surface area contributed by atoms with Gasteiger partial charge in [-0.3, -0.25) is 0 Å². The molecule has 9 nitrogen and oxygen atoms in total. The standard InChI is InChI=1S/C25H28ClN7O2S/c1-31(2)24-27-20(26)18-17(14-8-9-15-16(12-14)35-13-34-15)19-21(33-10-6-5-7-11-33)28-25(32(3)4)30-23(19)36-22(18)29-24/h8-9,12,20H,5-7,10-11,13H2,1-4H3. The Labute approximate surface area is 219 Å². The summed E-state index contributed by atoms with van der Waals surface area (Å²) in [5.74, 6) is 3.65. The number of rotatable bonds is 3. The fourth-order valence-electron chi connectivity index (χ4n) is 4.79. The van der Waals surface area contributed by atoms with Crippen molar-refractivity contribution in [2.75, 3.05) is 57.9 Å². The van der Waals surface area contributed by atoms with Gasteiger partial charge in [0.2, 0.25) is 18.7 Å². The van der Waals surface area contributed by atoms with E-state index in [1.165, 1.54) is 18.2 Å². The van der Waals surface area contributed by atoms with Crippen LogP contribution in [-0.4, -0.2) is 79.4 Å². The number of alkyl halides is 1. The van der Waals surface area contributed by atoms with Gasteiger partial charge in [-0.2, -0.15) is 4.98 Å². The van der Waals surface area contributed by atoms with E-state index < -0.39 is 5.50 Å². The second-order valence-electron chi connectivity index (χ2n) is 9.50. The molecule has 0 radical (unpaired) electrons. The van der Waals surface area contributed by atoms with E-state index in [1.54, 1.807) is 0 Å². The number of aromatic nitrogens is 2. The molecule has 4 aliphatic heterocycles. The minimum atomic E-state index is -0.598. The summed E-state index contributed by atoms with van der Waals surface area (Å²) in [6, 6.07) is 6.00. The van der Waals surface area contributed by atoms with E-state index in [2.05, 4.69) is 4.90 Å². The highest BCUT2D eigenvalue weighted by Gasteiger charge is 2.38. The predicted molar refractivity (Wildman–Crippen MR) is 145 cm³/mol. The van der Waals surface area contributed by atoms with Gasteiger partial charge in [0, 0.05) is 52.4 Å². The van der Waals surface area contributed by atoms with Crippen LogP contribution >= 0.6 is 23.4 Å². The van der Waals surface area contributed by atoms with Gasteiger partial charge in [-0.25, -0.2) is 15.0 Å². The van der Waals surface area contributed by atoms with Crippen molar-refractivity contribution in [1.29, 1.82) is 0 Å². The van der Waals surface area contributed by atoms with Crippen molar-refractivity contribution in [2.45, 2.75) is 29.8 Å². The van der Waals surface area contributed by atoms with Crippen LogP contribution < -0.4 is 19.3 Å². The molecule has 11 heteroatoms. The first-order valence-electron chi connectivity index (χ1n) is 12.1. The van der Waals surface area contributed by atoms with Gasteiger partial charge in [0.15, 0.2) is 17.0 Å². The number of aliphatic imine (C=N–C) groups is 2. The van der Waals surface area contributed by atoms with Gasteiger partial charge in [0.1, 0.15) is 15.9 Å². The largest absolute Gasteiger partial charge is 0.454 e. The lowest BCUT2D eigenvalue weighted by Gasteiger charge is -2.35. The molecular formula is C25H28ClN7O2S. The lowest BCUT2D eigenvalue weighted by molar-refractivity contribution is 0.174. The summed E-state index contributed by atoms with van der Waals surface area (Å²) in [5.41, 5.74) is 3.16. The lowest BCUT2D eigenvalue weighted by atomic mass is 9.92. The first kappa shape index (κ1) is 23.4. The average molecular weight is 526 g/mol. The van der Waals surface area contributed by atoms with Crippen LogP contribution in [0.5, 0.6) is 11.5 Å². The molecule has 0 bridgehead atoms. The highest BCUT2D eigenvalue weighted by Crippen LogP contribution is 2.49. The molecule has 1 saturated heterocycles. The number of anilines is 2. The molecule has 0 amide bonds. The lowest BCUT2D eigenvalue weighted by Crippen LogP contribution is -2.34. The summed E-state index contributed by atoms with van der Waals surface area (Å²) in [6.07, 6.45) is 3.51. The van der Waals surface area contributed by atoms with Crippen molar-refractivity contribution < 1.29 is 9.47 Å². The Morgan fingerprint density at radius 2 is 1.78 bits per heavy atom. The zero-order valence-electron chi connectivity index (χ0n) is 20.8. The predicted octanol–water partition coefficient (Wildman–Crippen LogP) is 4.06. The first-order chi connectivity index (χ1) is 17.4. The third-order valence-corrected chi connectivity index (χ3v) is 7.88. The van der Waals surface area contributed by atoms with E-state index in [9.17, 15) is 0 Å².